The number of carbonyl (C=O) groups excluding carboxylic acids is 1. The monoisotopic (exact) mass is 307 g/mol. The summed E-state index contributed by atoms with van der Waals surface area (Å²) in [5.74, 6) is 0.730. The molecule has 0 fully saturated rings. The molecular formula is C17H13N3O3. The number of amides is 1. The van der Waals surface area contributed by atoms with Crippen LogP contribution >= 0.6 is 0 Å². The van der Waals surface area contributed by atoms with Crippen molar-refractivity contribution in [3.63, 3.8) is 0 Å². The minimum atomic E-state index is -0.485. The van der Waals surface area contributed by atoms with Gasteiger partial charge in [0, 0.05) is 24.1 Å². The molecule has 0 bridgehead atoms. The highest BCUT2D eigenvalue weighted by molar-refractivity contribution is 6.09. The second-order valence-corrected chi connectivity index (χ2v) is 4.76. The Morgan fingerprint density at radius 1 is 1.17 bits per heavy atom. The highest BCUT2D eigenvalue weighted by Gasteiger charge is 2.14. The average Bonchev–Trinajstić information content (AvgIpc) is 2.60. The van der Waals surface area contributed by atoms with Gasteiger partial charge in [0.15, 0.2) is 11.5 Å². The van der Waals surface area contributed by atoms with Crippen LogP contribution < -0.4 is 14.8 Å². The molecule has 114 valence electrons. The topological polar surface area (TPSA) is 84.2 Å². The van der Waals surface area contributed by atoms with Crippen LogP contribution in [0.5, 0.6) is 11.5 Å². The van der Waals surface area contributed by atoms with E-state index in [1.807, 2.05) is 6.07 Å². The third-order valence-electron chi connectivity index (χ3n) is 3.18. The molecule has 6 nitrogen and oxygen atoms in total. The number of hydrogen-bond acceptors (Lipinski definition) is 5. The minimum absolute atomic E-state index is 0.00564. The van der Waals surface area contributed by atoms with E-state index in [4.69, 9.17) is 9.47 Å². The van der Waals surface area contributed by atoms with Gasteiger partial charge in [0.2, 0.25) is 0 Å². The molecule has 0 atom stereocenters. The van der Waals surface area contributed by atoms with Gasteiger partial charge in [-0.05, 0) is 35.9 Å². The van der Waals surface area contributed by atoms with Gasteiger partial charge in [-0.3, -0.25) is 9.78 Å². The smallest absolute Gasteiger partial charge is 0.266 e. The Balaban J connectivity index is 1.78. The zero-order valence-electron chi connectivity index (χ0n) is 12.2. The number of nitrogens with one attached hydrogen (secondary N) is 1. The first-order chi connectivity index (χ1) is 11.3. The fourth-order valence-electron chi connectivity index (χ4n) is 2.09. The number of pyridine rings is 1. The number of benzene rings is 1. The number of carbonyl (C=O) groups is 1. The van der Waals surface area contributed by atoms with Crippen molar-refractivity contribution in [2.45, 2.75) is 0 Å². The standard InChI is InChI=1S/C17H13N3O3/c18-11-13(9-12-3-5-19-6-4-12)17(21)20-14-1-2-15-16(10-14)23-8-7-22-15/h1-6,9-10H,7-8H2,(H,20,21)/b13-9+. The molecule has 1 amide bonds. The number of aromatic nitrogens is 1. The van der Waals surface area contributed by atoms with Crippen LogP contribution in [-0.2, 0) is 4.79 Å². The molecule has 23 heavy (non-hydrogen) atoms. The van der Waals surface area contributed by atoms with Crippen molar-refractivity contribution < 1.29 is 14.3 Å². The van der Waals surface area contributed by atoms with E-state index >= 15 is 0 Å². The minimum Gasteiger partial charge on any atom is -0.486 e. The molecular weight excluding hydrogens is 294 g/mol. The van der Waals surface area contributed by atoms with E-state index in [2.05, 4.69) is 10.3 Å². The maximum Gasteiger partial charge on any atom is 0.266 e. The molecule has 1 aliphatic heterocycles. The van der Waals surface area contributed by atoms with Crippen LogP contribution in [0.25, 0.3) is 6.08 Å². The Hall–Kier alpha value is -3.33. The first kappa shape index (κ1) is 14.6. The Morgan fingerprint density at radius 3 is 2.65 bits per heavy atom. The molecule has 0 radical (unpaired) electrons. The molecule has 2 heterocycles. The quantitative estimate of drug-likeness (QED) is 0.695. The number of rotatable bonds is 3. The molecule has 1 N–H and O–H groups in total. The van der Waals surface area contributed by atoms with Crippen LogP contribution in [-0.4, -0.2) is 24.1 Å². The number of ether oxygens (including phenoxy) is 2. The molecule has 0 aliphatic carbocycles. The number of nitrogens with zero attached hydrogens (tertiary/aromatic N) is 2. The van der Waals surface area contributed by atoms with Crippen molar-refractivity contribution in [3.05, 3.63) is 53.9 Å². The van der Waals surface area contributed by atoms with Crippen LogP contribution in [0.15, 0.2) is 48.3 Å². The lowest BCUT2D eigenvalue weighted by Gasteiger charge is -2.18. The predicted molar refractivity (Wildman–Crippen MR) is 83.9 cm³/mol. The molecule has 3 rings (SSSR count). The predicted octanol–water partition coefficient (Wildman–Crippen LogP) is 2.40. The second kappa shape index (κ2) is 6.62. The van der Waals surface area contributed by atoms with Gasteiger partial charge in [-0.2, -0.15) is 5.26 Å². The van der Waals surface area contributed by atoms with Crippen molar-refractivity contribution in [3.8, 4) is 17.6 Å². The van der Waals surface area contributed by atoms with Crippen molar-refractivity contribution >= 4 is 17.7 Å². The van der Waals surface area contributed by atoms with E-state index in [-0.39, 0.29) is 5.57 Å². The summed E-state index contributed by atoms with van der Waals surface area (Å²) in [6, 6.07) is 10.4. The molecule has 0 unspecified atom stereocenters. The third-order valence-corrected chi connectivity index (χ3v) is 3.18. The molecule has 0 saturated heterocycles. The number of nitriles is 1. The molecule has 0 saturated carbocycles. The summed E-state index contributed by atoms with van der Waals surface area (Å²) in [7, 11) is 0. The van der Waals surface area contributed by atoms with E-state index in [0.717, 1.165) is 5.56 Å². The fraction of sp³-hybridized carbons (Fsp3) is 0.118. The Kier molecular flexibility index (Phi) is 4.20. The summed E-state index contributed by atoms with van der Waals surface area (Å²) in [5.41, 5.74) is 1.27. The number of anilines is 1. The first-order valence-electron chi connectivity index (χ1n) is 6.99. The largest absolute Gasteiger partial charge is 0.486 e. The summed E-state index contributed by atoms with van der Waals surface area (Å²) in [6.07, 6.45) is 4.70. The Morgan fingerprint density at radius 2 is 1.91 bits per heavy atom. The van der Waals surface area contributed by atoms with Gasteiger partial charge in [-0.25, -0.2) is 0 Å². The maximum atomic E-state index is 12.2. The average molecular weight is 307 g/mol. The van der Waals surface area contributed by atoms with Gasteiger partial charge in [0.25, 0.3) is 5.91 Å². The van der Waals surface area contributed by atoms with E-state index in [0.29, 0.717) is 30.4 Å². The lowest BCUT2D eigenvalue weighted by Crippen LogP contribution is -2.17. The lowest BCUT2D eigenvalue weighted by molar-refractivity contribution is -0.112. The van der Waals surface area contributed by atoms with Crippen molar-refractivity contribution in [2.24, 2.45) is 0 Å². The zero-order valence-corrected chi connectivity index (χ0v) is 12.2. The highest BCUT2D eigenvalue weighted by Crippen LogP contribution is 2.32. The van der Waals surface area contributed by atoms with Gasteiger partial charge < -0.3 is 14.8 Å². The summed E-state index contributed by atoms with van der Waals surface area (Å²) in [6.45, 7) is 0.974. The molecule has 1 aromatic carbocycles. The van der Waals surface area contributed by atoms with E-state index in [1.54, 1.807) is 42.7 Å². The van der Waals surface area contributed by atoms with Crippen LogP contribution in [0.2, 0.25) is 0 Å². The van der Waals surface area contributed by atoms with Gasteiger partial charge in [0.1, 0.15) is 24.9 Å². The highest BCUT2D eigenvalue weighted by atomic mass is 16.6. The van der Waals surface area contributed by atoms with Gasteiger partial charge in [-0.1, -0.05) is 0 Å². The summed E-state index contributed by atoms with van der Waals surface area (Å²) < 4.78 is 10.9. The fourth-order valence-corrected chi connectivity index (χ4v) is 2.09. The first-order valence-corrected chi connectivity index (χ1v) is 6.99. The number of hydrogen-bond donors (Lipinski definition) is 1. The van der Waals surface area contributed by atoms with E-state index in [9.17, 15) is 10.1 Å². The summed E-state index contributed by atoms with van der Waals surface area (Å²) in [5, 5.41) is 11.9. The van der Waals surface area contributed by atoms with Crippen molar-refractivity contribution in [2.75, 3.05) is 18.5 Å². The molecule has 0 spiro atoms. The van der Waals surface area contributed by atoms with Crippen LogP contribution in [0.4, 0.5) is 5.69 Å². The molecule has 6 heteroatoms. The van der Waals surface area contributed by atoms with E-state index in [1.165, 1.54) is 6.08 Å². The Labute approximate surface area is 133 Å². The van der Waals surface area contributed by atoms with Gasteiger partial charge in [0.05, 0.1) is 0 Å². The Bertz CT molecular complexity index is 794. The maximum absolute atomic E-state index is 12.2. The summed E-state index contributed by atoms with van der Waals surface area (Å²) >= 11 is 0. The molecule has 2 aromatic rings. The van der Waals surface area contributed by atoms with Crippen LogP contribution in [0, 0.1) is 11.3 Å². The molecule has 1 aromatic heterocycles. The van der Waals surface area contributed by atoms with Crippen LogP contribution in [0.3, 0.4) is 0 Å². The van der Waals surface area contributed by atoms with Crippen molar-refractivity contribution in [1.29, 1.82) is 5.26 Å². The third kappa shape index (κ3) is 3.47. The molecule has 1 aliphatic rings. The van der Waals surface area contributed by atoms with E-state index < -0.39 is 5.91 Å². The number of fused-ring (bicyclic) bond motifs is 1. The van der Waals surface area contributed by atoms with Gasteiger partial charge in [-0.15, -0.1) is 0 Å². The van der Waals surface area contributed by atoms with Crippen LogP contribution in [0.1, 0.15) is 5.56 Å². The van der Waals surface area contributed by atoms with Crippen molar-refractivity contribution in [1.82, 2.24) is 4.98 Å². The second-order valence-electron chi connectivity index (χ2n) is 4.76. The lowest BCUT2D eigenvalue weighted by atomic mass is 10.1. The zero-order chi connectivity index (χ0) is 16.1. The van der Waals surface area contributed by atoms with Gasteiger partial charge >= 0.3 is 0 Å². The summed E-state index contributed by atoms with van der Waals surface area (Å²) in [4.78, 5) is 16.1. The SMILES string of the molecule is N#C/C(=C\c1ccncc1)C(=O)Nc1ccc2c(c1)OCCO2. The normalized spacial score (nSPS) is 13.1.